The SMILES string of the molecule is CC.CCOc1cc(Oc2ccc(C#N)cc2Cl)ccc1CC(C)OC(=O)NC=O. The molecule has 0 aliphatic heterocycles. The Morgan fingerprint density at radius 2 is 1.97 bits per heavy atom. The Balaban J connectivity index is 0.00000218. The van der Waals surface area contributed by atoms with E-state index >= 15 is 0 Å². The van der Waals surface area contributed by atoms with Gasteiger partial charge in [-0.25, -0.2) is 4.79 Å². The zero-order valence-corrected chi connectivity index (χ0v) is 18.2. The number of nitriles is 1. The molecule has 2 rings (SSSR count). The van der Waals surface area contributed by atoms with Crippen molar-refractivity contribution in [2.45, 2.75) is 40.2 Å². The van der Waals surface area contributed by atoms with Crippen LogP contribution in [0, 0.1) is 11.3 Å². The van der Waals surface area contributed by atoms with Crippen LogP contribution in [-0.4, -0.2) is 25.2 Å². The summed E-state index contributed by atoms with van der Waals surface area (Å²) >= 11 is 6.15. The van der Waals surface area contributed by atoms with Gasteiger partial charge in [0.05, 0.1) is 23.3 Å². The molecule has 8 heteroatoms. The smallest absolute Gasteiger partial charge is 0.413 e. The minimum atomic E-state index is -0.809. The summed E-state index contributed by atoms with van der Waals surface area (Å²) in [4.78, 5) is 21.6. The van der Waals surface area contributed by atoms with Gasteiger partial charge >= 0.3 is 6.09 Å². The minimum absolute atomic E-state index is 0.265. The van der Waals surface area contributed by atoms with E-state index < -0.39 is 12.2 Å². The number of alkyl carbamates (subject to hydrolysis) is 1. The number of nitrogens with one attached hydrogen (secondary N) is 1. The molecule has 30 heavy (non-hydrogen) atoms. The summed E-state index contributed by atoms with van der Waals surface area (Å²) < 4.78 is 16.5. The van der Waals surface area contributed by atoms with E-state index in [1.54, 1.807) is 37.3 Å². The Labute approximate surface area is 181 Å². The highest BCUT2D eigenvalue weighted by Crippen LogP contribution is 2.33. The van der Waals surface area contributed by atoms with Crippen molar-refractivity contribution in [2.24, 2.45) is 0 Å². The zero-order valence-electron chi connectivity index (χ0n) is 17.4. The van der Waals surface area contributed by atoms with Crippen molar-refractivity contribution < 1.29 is 23.8 Å². The molecule has 7 nitrogen and oxygen atoms in total. The van der Waals surface area contributed by atoms with Crippen LogP contribution in [0.1, 0.15) is 38.8 Å². The minimum Gasteiger partial charge on any atom is -0.493 e. The summed E-state index contributed by atoms with van der Waals surface area (Å²) in [5.74, 6) is 1.50. The van der Waals surface area contributed by atoms with E-state index in [1.165, 1.54) is 6.07 Å². The summed E-state index contributed by atoms with van der Waals surface area (Å²) in [7, 11) is 0. The first-order chi connectivity index (χ1) is 14.5. The van der Waals surface area contributed by atoms with Crippen molar-refractivity contribution in [1.82, 2.24) is 5.32 Å². The van der Waals surface area contributed by atoms with Crippen molar-refractivity contribution in [1.29, 1.82) is 5.26 Å². The van der Waals surface area contributed by atoms with Crippen LogP contribution in [0.2, 0.25) is 5.02 Å². The van der Waals surface area contributed by atoms with Crippen LogP contribution in [0.25, 0.3) is 0 Å². The highest BCUT2D eigenvalue weighted by Gasteiger charge is 2.14. The van der Waals surface area contributed by atoms with Gasteiger partial charge in [0.2, 0.25) is 6.41 Å². The zero-order chi connectivity index (χ0) is 22.5. The molecule has 0 heterocycles. The quantitative estimate of drug-likeness (QED) is 0.572. The molecule has 0 bridgehead atoms. The van der Waals surface area contributed by atoms with Gasteiger partial charge in [0.1, 0.15) is 23.4 Å². The number of carbonyl (C=O) groups is 2. The maximum atomic E-state index is 11.3. The second kappa shape index (κ2) is 13.1. The molecule has 1 atom stereocenters. The largest absolute Gasteiger partial charge is 0.493 e. The third kappa shape index (κ3) is 7.64. The van der Waals surface area contributed by atoms with Crippen molar-refractivity contribution in [3.8, 4) is 23.3 Å². The molecule has 2 amide bonds. The number of hydrogen-bond acceptors (Lipinski definition) is 6. The number of amides is 2. The molecule has 0 aromatic heterocycles. The van der Waals surface area contributed by atoms with Crippen LogP contribution < -0.4 is 14.8 Å². The number of hydrogen-bond donors (Lipinski definition) is 1. The lowest BCUT2D eigenvalue weighted by molar-refractivity contribution is -0.109. The summed E-state index contributed by atoms with van der Waals surface area (Å²) in [5, 5.41) is 11.2. The third-order valence-corrected chi connectivity index (χ3v) is 3.91. The van der Waals surface area contributed by atoms with E-state index in [9.17, 15) is 9.59 Å². The molecular formula is C22H25ClN2O5. The lowest BCUT2D eigenvalue weighted by atomic mass is 10.1. The van der Waals surface area contributed by atoms with E-state index in [4.69, 9.17) is 31.1 Å². The Bertz CT molecular complexity index is 896. The molecule has 0 radical (unpaired) electrons. The van der Waals surface area contributed by atoms with Crippen molar-refractivity contribution >= 4 is 24.1 Å². The number of ether oxygens (including phenoxy) is 3. The number of benzene rings is 2. The maximum Gasteiger partial charge on any atom is 0.413 e. The summed E-state index contributed by atoms with van der Waals surface area (Å²) in [6, 6.07) is 12.0. The fourth-order valence-corrected chi connectivity index (χ4v) is 2.67. The average Bonchev–Trinajstić information content (AvgIpc) is 2.73. The second-order valence-corrected chi connectivity index (χ2v) is 6.15. The van der Waals surface area contributed by atoms with Gasteiger partial charge in [-0.05, 0) is 43.7 Å². The fraction of sp³-hybridized carbons (Fsp3) is 0.318. The van der Waals surface area contributed by atoms with Crippen LogP contribution in [0.4, 0.5) is 4.79 Å². The van der Waals surface area contributed by atoms with Crippen LogP contribution in [-0.2, 0) is 16.0 Å². The standard InChI is InChI=1S/C20H19ClN2O5.C2H6/c1-3-26-19-10-16(28-18-7-4-14(11-22)9-17(18)21)6-5-15(19)8-13(2)27-20(25)23-12-24;1-2/h4-7,9-10,12-13H,3,8H2,1-2H3,(H,23,24,25);1-2H3. The molecule has 0 aliphatic rings. The number of halogens is 1. The van der Waals surface area contributed by atoms with E-state index in [2.05, 4.69) is 0 Å². The van der Waals surface area contributed by atoms with Crippen LogP contribution in [0.3, 0.4) is 0 Å². The number of imide groups is 1. The first kappa shape index (κ1) is 24.8. The Morgan fingerprint density at radius 1 is 1.23 bits per heavy atom. The van der Waals surface area contributed by atoms with Crippen LogP contribution >= 0.6 is 11.6 Å². The Kier molecular flexibility index (Phi) is 10.8. The van der Waals surface area contributed by atoms with Gasteiger partial charge in [-0.2, -0.15) is 5.26 Å². The van der Waals surface area contributed by atoms with E-state index in [0.29, 0.717) is 40.9 Å². The van der Waals surface area contributed by atoms with Gasteiger partial charge in [0, 0.05) is 12.5 Å². The molecule has 2 aromatic carbocycles. The van der Waals surface area contributed by atoms with E-state index in [-0.39, 0.29) is 6.41 Å². The van der Waals surface area contributed by atoms with Gasteiger partial charge < -0.3 is 14.2 Å². The molecule has 0 fully saturated rings. The predicted octanol–water partition coefficient (Wildman–Crippen LogP) is 5.24. The van der Waals surface area contributed by atoms with Gasteiger partial charge in [-0.3, -0.25) is 10.1 Å². The topological polar surface area (TPSA) is 97.7 Å². The predicted molar refractivity (Wildman–Crippen MR) is 114 cm³/mol. The van der Waals surface area contributed by atoms with Gasteiger partial charge in [0.25, 0.3) is 0 Å². The van der Waals surface area contributed by atoms with Crippen molar-refractivity contribution in [3.63, 3.8) is 0 Å². The Morgan fingerprint density at radius 3 is 2.57 bits per heavy atom. The lowest BCUT2D eigenvalue weighted by Gasteiger charge is -2.17. The monoisotopic (exact) mass is 432 g/mol. The molecule has 160 valence electrons. The molecular weight excluding hydrogens is 408 g/mol. The average molecular weight is 433 g/mol. The molecule has 0 saturated heterocycles. The van der Waals surface area contributed by atoms with Gasteiger partial charge in [-0.1, -0.05) is 31.5 Å². The lowest BCUT2D eigenvalue weighted by Crippen LogP contribution is -2.27. The number of nitrogens with zero attached hydrogens (tertiary/aromatic N) is 1. The van der Waals surface area contributed by atoms with Crippen LogP contribution in [0.5, 0.6) is 17.2 Å². The van der Waals surface area contributed by atoms with Crippen molar-refractivity contribution in [3.05, 3.63) is 52.5 Å². The highest BCUT2D eigenvalue weighted by atomic mass is 35.5. The molecule has 1 N–H and O–H groups in total. The Hall–Kier alpha value is -3.24. The first-order valence-electron chi connectivity index (χ1n) is 9.50. The van der Waals surface area contributed by atoms with Gasteiger partial charge in [-0.15, -0.1) is 0 Å². The van der Waals surface area contributed by atoms with E-state index in [1.807, 2.05) is 32.2 Å². The summed E-state index contributed by atoms with van der Waals surface area (Å²) in [6.07, 6.45) is -0.629. The van der Waals surface area contributed by atoms with Gasteiger partial charge in [0.15, 0.2) is 0 Å². The summed E-state index contributed by atoms with van der Waals surface area (Å²) in [6.45, 7) is 8.00. The van der Waals surface area contributed by atoms with Crippen LogP contribution in [0.15, 0.2) is 36.4 Å². The normalized spacial score (nSPS) is 10.5. The fourth-order valence-electron chi connectivity index (χ4n) is 2.45. The molecule has 0 aliphatic carbocycles. The van der Waals surface area contributed by atoms with Crippen molar-refractivity contribution in [2.75, 3.05) is 6.61 Å². The molecule has 2 aromatic rings. The molecule has 0 spiro atoms. The molecule has 0 saturated carbocycles. The third-order valence-electron chi connectivity index (χ3n) is 3.62. The van der Waals surface area contributed by atoms with E-state index in [0.717, 1.165) is 5.56 Å². The maximum absolute atomic E-state index is 11.3. The number of carbonyl (C=O) groups excluding carboxylic acids is 2. The highest BCUT2D eigenvalue weighted by molar-refractivity contribution is 6.32. The molecule has 1 unspecified atom stereocenters. The number of rotatable bonds is 8. The second-order valence-electron chi connectivity index (χ2n) is 5.74. The summed E-state index contributed by atoms with van der Waals surface area (Å²) in [5.41, 5.74) is 1.25. The first-order valence-corrected chi connectivity index (χ1v) is 9.88.